The van der Waals surface area contributed by atoms with Crippen molar-refractivity contribution in [1.29, 1.82) is 0 Å². The molecule has 0 aliphatic heterocycles. The Bertz CT molecular complexity index is 1800. The molecule has 0 heterocycles. The lowest BCUT2D eigenvalue weighted by Crippen LogP contribution is -2.30. The fourth-order valence-corrected chi connectivity index (χ4v) is 12.3. The number of carbonyl (C=O) groups is 4. The van der Waals surface area contributed by atoms with Gasteiger partial charge in [-0.05, 0) is 49.4 Å². The lowest BCUT2D eigenvalue weighted by molar-refractivity contribution is -0.161. The number of esters is 4. The van der Waals surface area contributed by atoms with Crippen LogP contribution in [0, 0.1) is 23.7 Å². The molecule has 0 aliphatic rings. The minimum atomic E-state index is -4.95. The van der Waals surface area contributed by atoms with Crippen LogP contribution in [-0.2, 0) is 65.4 Å². The van der Waals surface area contributed by atoms with Gasteiger partial charge in [-0.25, -0.2) is 9.13 Å². The second kappa shape index (κ2) is 61.6. The van der Waals surface area contributed by atoms with Crippen LogP contribution in [0.15, 0.2) is 0 Å². The first-order chi connectivity index (χ1) is 43.7. The van der Waals surface area contributed by atoms with Crippen LogP contribution in [0.1, 0.15) is 357 Å². The molecule has 0 aromatic rings. The zero-order valence-electron chi connectivity index (χ0n) is 59.5. The van der Waals surface area contributed by atoms with Crippen molar-refractivity contribution < 1.29 is 80.2 Å². The standard InChI is InChI=1S/C72H140O17P2/c1-9-63(6)49-41-33-25-21-16-14-12-13-15-17-22-26-36-44-52-69(74)82-58-67(88-71(76)54-46-38-27-23-19-18-20-24-32-40-48-62(4)5)60-86-90(78,79)84-56-66(73)57-85-91(80,81)87-61-68(89-72(77)55-47-39-31-29-35-43-51-65(8)11-3)59-83-70(75)53-45-37-30-28-34-42-50-64(7)10-2/h62-68,73H,9-61H2,1-8H3,(H,78,79)(H,80,81)/t63?,64?,65?,66-,67-,68-/m1/s1. The summed E-state index contributed by atoms with van der Waals surface area (Å²) < 4.78 is 68.3. The highest BCUT2D eigenvalue weighted by Gasteiger charge is 2.30. The van der Waals surface area contributed by atoms with Crippen LogP contribution in [0.3, 0.4) is 0 Å². The van der Waals surface area contributed by atoms with Gasteiger partial charge in [-0.2, -0.15) is 0 Å². The monoisotopic (exact) mass is 1340 g/mol. The van der Waals surface area contributed by atoms with Crippen LogP contribution in [0.5, 0.6) is 0 Å². The summed E-state index contributed by atoms with van der Waals surface area (Å²) in [5.74, 6) is 0.922. The first-order valence-electron chi connectivity index (χ1n) is 37.3. The highest BCUT2D eigenvalue weighted by Crippen LogP contribution is 2.45. The van der Waals surface area contributed by atoms with Crippen molar-refractivity contribution in [2.24, 2.45) is 23.7 Å². The summed E-state index contributed by atoms with van der Waals surface area (Å²) in [7, 11) is -9.91. The van der Waals surface area contributed by atoms with Crippen LogP contribution < -0.4 is 0 Å². The summed E-state index contributed by atoms with van der Waals surface area (Å²) in [6.07, 6.45) is 44.5. The third-order valence-electron chi connectivity index (χ3n) is 17.7. The number of phosphoric ester groups is 2. The molecular weight excluding hydrogens is 1200 g/mol. The summed E-state index contributed by atoms with van der Waals surface area (Å²) in [5, 5.41) is 10.6. The Labute approximate surface area is 556 Å². The topological polar surface area (TPSA) is 237 Å². The van der Waals surface area contributed by atoms with E-state index in [0.29, 0.717) is 25.7 Å². The van der Waals surface area contributed by atoms with E-state index in [-0.39, 0.29) is 25.7 Å². The minimum Gasteiger partial charge on any atom is -0.462 e. The molecule has 0 amide bonds. The normalized spacial score (nSPS) is 15.1. The number of hydrogen-bond acceptors (Lipinski definition) is 15. The summed E-state index contributed by atoms with van der Waals surface area (Å²) in [5.41, 5.74) is 0. The molecule has 8 atom stereocenters. The fraction of sp³-hybridized carbons (Fsp3) is 0.944. The van der Waals surface area contributed by atoms with Crippen molar-refractivity contribution >= 4 is 39.5 Å². The molecule has 0 saturated heterocycles. The quantitative estimate of drug-likeness (QED) is 0.0222. The van der Waals surface area contributed by atoms with Gasteiger partial charge in [0.05, 0.1) is 26.4 Å². The van der Waals surface area contributed by atoms with Gasteiger partial charge in [0.15, 0.2) is 12.2 Å². The third-order valence-corrected chi connectivity index (χ3v) is 19.6. The van der Waals surface area contributed by atoms with Crippen molar-refractivity contribution in [3.05, 3.63) is 0 Å². The van der Waals surface area contributed by atoms with E-state index in [1.807, 2.05) is 0 Å². The van der Waals surface area contributed by atoms with Gasteiger partial charge in [0, 0.05) is 25.7 Å². The van der Waals surface area contributed by atoms with E-state index < -0.39 is 97.5 Å². The zero-order valence-corrected chi connectivity index (χ0v) is 61.3. The number of aliphatic hydroxyl groups excluding tert-OH is 1. The predicted molar refractivity (Wildman–Crippen MR) is 367 cm³/mol. The zero-order chi connectivity index (χ0) is 67.5. The van der Waals surface area contributed by atoms with E-state index in [2.05, 4.69) is 55.4 Å². The maximum atomic E-state index is 13.0. The molecule has 5 unspecified atom stereocenters. The molecule has 0 rings (SSSR count). The predicted octanol–water partition coefficient (Wildman–Crippen LogP) is 20.5. The summed E-state index contributed by atoms with van der Waals surface area (Å²) >= 11 is 0. The van der Waals surface area contributed by atoms with Gasteiger partial charge in [0.1, 0.15) is 19.3 Å². The van der Waals surface area contributed by atoms with Gasteiger partial charge in [-0.15, -0.1) is 0 Å². The van der Waals surface area contributed by atoms with Crippen LogP contribution in [0.25, 0.3) is 0 Å². The molecule has 0 aliphatic carbocycles. The van der Waals surface area contributed by atoms with Crippen molar-refractivity contribution in [3.8, 4) is 0 Å². The Morgan fingerprint density at radius 1 is 0.308 bits per heavy atom. The number of carbonyl (C=O) groups excluding carboxylic acids is 4. The number of aliphatic hydroxyl groups is 1. The molecule has 0 radical (unpaired) electrons. The van der Waals surface area contributed by atoms with Crippen LogP contribution in [0.2, 0.25) is 0 Å². The molecule has 91 heavy (non-hydrogen) atoms. The van der Waals surface area contributed by atoms with E-state index in [9.17, 15) is 43.2 Å². The maximum absolute atomic E-state index is 13.0. The lowest BCUT2D eigenvalue weighted by Gasteiger charge is -2.21. The van der Waals surface area contributed by atoms with Gasteiger partial charge in [0.2, 0.25) is 0 Å². The molecule has 0 spiro atoms. The van der Waals surface area contributed by atoms with E-state index >= 15 is 0 Å². The molecule has 0 fully saturated rings. The van der Waals surface area contributed by atoms with E-state index in [1.54, 1.807) is 0 Å². The molecule has 540 valence electrons. The van der Waals surface area contributed by atoms with Gasteiger partial charge < -0.3 is 33.8 Å². The minimum absolute atomic E-state index is 0.102. The Morgan fingerprint density at radius 2 is 0.527 bits per heavy atom. The molecule has 19 heteroatoms. The Hall–Kier alpha value is -1.94. The number of rotatable bonds is 69. The van der Waals surface area contributed by atoms with Gasteiger partial charge in [-0.3, -0.25) is 37.3 Å². The number of unbranched alkanes of at least 4 members (excludes halogenated alkanes) is 32. The van der Waals surface area contributed by atoms with Gasteiger partial charge in [-0.1, -0.05) is 306 Å². The number of phosphoric acid groups is 2. The summed E-state index contributed by atoms with van der Waals surface area (Å²) in [4.78, 5) is 72.6. The highest BCUT2D eigenvalue weighted by atomic mass is 31.2. The van der Waals surface area contributed by atoms with Gasteiger partial charge in [0.25, 0.3) is 0 Å². The summed E-state index contributed by atoms with van der Waals surface area (Å²) in [6, 6.07) is 0. The smallest absolute Gasteiger partial charge is 0.462 e. The molecule has 3 N–H and O–H groups in total. The van der Waals surface area contributed by atoms with Crippen LogP contribution >= 0.6 is 15.6 Å². The van der Waals surface area contributed by atoms with E-state index in [4.69, 9.17) is 37.0 Å². The van der Waals surface area contributed by atoms with E-state index in [1.165, 1.54) is 154 Å². The van der Waals surface area contributed by atoms with Gasteiger partial charge >= 0.3 is 39.5 Å². The second-order valence-electron chi connectivity index (χ2n) is 27.2. The molecular formula is C72H140O17P2. The third kappa shape index (κ3) is 62.6. The van der Waals surface area contributed by atoms with Crippen molar-refractivity contribution in [3.63, 3.8) is 0 Å². The molecule has 0 aromatic heterocycles. The number of hydrogen-bond donors (Lipinski definition) is 3. The van der Waals surface area contributed by atoms with Crippen LogP contribution in [-0.4, -0.2) is 96.7 Å². The summed E-state index contributed by atoms with van der Waals surface area (Å²) in [6.45, 7) is 14.1. The fourth-order valence-electron chi connectivity index (χ4n) is 10.7. The first-order valence-corrected chi connectivity index (χ1v) is 40.3. The SMILES string of the molecule is CCC(C)CCCCCCCCCCCCCCCCC(=O)OC[C@H](COP(=O)(O)OC[C@@H](O)COP(=O)(O)OC[C@@H](COC(=O)CCCCCCCCC(C)CC)OC(=O)CCCCCCCCC(C)CC)OC(=O)CCCCCCCCCCCCC(C)C. The molecule has 0 aromatic carbocycles. The Morgan fingerprint density at radius 3 is 0.780 bits per heavy atom. The molecule has 0 bridgehead atoms. The highest BCUT2D eigenvalue weighted by molar-refractivity contribution is 7.47. The second-order valence-corrected chi connectivity index (χ2v) is 30.1. The molecule has 17 nitrogen and oxygen atoms in total. The molecule has 0 saturated carbocycles. The Balaban J connectivity index is 5.23. The Kier molecular flexibility index (Phi) is 60.3. The van der Waals surface area contributed by atoms with Crippen molar-refractivity contribution in [2.45, 2.75) is 375 Å². The van der Waals surface area contributed by atoms with Crippen LogP contribution in [0.4, 0.5) is 0 Å². The maximum Gasteiger partial charge on any atom is 0.472 e. The largest absolute Gasteiger partial charge is 0.472 e. The average molecular weight is 1340 g/mol. The van der Waals surface area contributed by atoms with Crippen molar-refractivity contribution in [2.75, 3.05) is 39.6 Å². The van der Waals surface area contributed by atoms with Crippen molar-refractivity contribution in [1.82, 2.24) is 0 Å². The number of ether oxygens (including phenoxy) is 4. The lowest BCUT2D eigenvalue weighted by atomic mass is 9.99. The van der Waals surface area contributed by atoms with E-state index in [0.717, 1.165) is 120 Å². The first kappa shape index (κ1) is 89.1. The average Bonchev–Trinajstić information content (AvgIpc) is 3.59.